The number of ether oxygens (including phenoxy) is 2. The van der Waals surface area contributed by atoms with Gasteiger partial charge < -0.3 is 14.6 Å². The maximum atomic E-state index is 11.4. The number of carboxylic acid groups (broad SMARTS) is 1. The minimum atomic E-state index is -0.660. The molecule has 1 saturated carbocycles. The first-order valence-electron chi connectivity index (χ1n) is 7.09. The predicted molar refractivity (Wildman–Crippen MR) is 71.1 cm³/mol. The molecule has 2 aliphatic rings. The van der Waals surface area contributed by atoms with Crippen molar-refractivity contribution in [3.63, 3.8) is 0 Å². The highest BCUT2D eigenvalue weighted by Gasteiger charge is 2.43. The number of carbonyl (C=O) groups is 1. The molecular formula is C14H25NO4. The van der Waals surface area contributed by atoms with Gasteiger partial charge in [0.1, 0.15) is 0 Å². The van der Waals surface area contributed by atoms with Crippen LogP contribution in [0, 0.1) is 11.8 Å². The SMILES string of the molecule is COC1CN(C2CC(C)CCC2C(=O)O)CC1OC. The van der Waals surface area contributed by atoms with Gasteiger partial charge in [-0.15, -0.1) is 0 Å². The largest absolute Gasteiger partial charge is 0.481 e. The van der Waals surface area contributed by atoms with Gasteiger partial charge in [0.2, 0.25) is 0 Å². The van der Waals surface area contributed by atoms with Crippen molar-refractivity contribution >= 4 is 5.97 Å². The first-order chi connectivity index (χ1) is 9.06. The van der Waals surface area contributed by atoms with Gasteiger partial charge in [-0.25, -0.2) is 0 Å². The van der Waals surface area contributed by atoms with E-state index in [-0.39, 0.29) is 24.2 Å². The van der Waals surface area contributed by atoms with Gasteiger partial charge in [-0.3, -0.25) is 9.69 Å². The van der Waals surface area contributed by atoms with E-state index in [1.165, 1.54) is 0 Å². The quantitative estimate of drug-likeness (QED) is 0.833. The molecular weight excluding hydrogens is 246 g/mol. The Morgan fingerprint density at radius 2 is 1.74 bits per heavy atom. The molecule has 1 saturated heterocycles. The Morgan fingerprint density at radius 1 is 1.16 bits per heavy atom. The Kier molecular flexibility index (Phi) is 4.81. The summed E-state index contributed by atoms with van der Waals surface area (Å²) in [5.41, 5.74) is 0. The van der Waals surface area contributed by atoms with Crippen LogP contribution in [-0.2, 0) is 14.3 Å². The Balaban J connectivity index is 2.07. The van der Waals surface area contributed by atoms with E-state index in [1.54, 1.807) is 14.2 Å². The molecule has 0 radical (unpaired) electrons. The smallest absolute Gasteiger partial charge is 0.308 e. The Morgan fingerprint density at radius 3 is 2.21 bits per heavy atom. The molecule has 5 nitrogen and oxygen atoms in total. The van der Waals surface area contributed by atoms with E-state index < -0.39 is 5.97 Å². The molecule has 0 aromatic heterocycles. The number of carboxylic acids is 1. The Bertz CT molecular complexity index is 311. The average molecular weight is 271 g/mol. The van der Waals surface area contributed by atoms with Crippen molar-refractivity contribution in [1.82, 2.24) is 4.90 Å². The van der Waals surface area contributed by atoms with Gasteiger partial charge in [-0.2, -0.15) is 0 Å². The van der Waals surface area contributed by atoms with Crippen LogP contribution in [0.25, 0.3) is 0 Å². The number of rotatable bonds is 4. The van der Waals surface area contributed by atoms with Crippen LogP contribution < -0.4 is 0 Å². The third kappa shape index (κ3) is 3.09. The molecule has 0 aromatic carbocycles. The highest BCUT2D eigenvalue weighted by Crippen LogP contribution is 2.34. The minimum absolute atomic E-state index is 0.0525. The van der Waals surface area contributed by atoms with Crippen LogP contribution in [0.4, 0.5) is 0 Å². The molecule has 2 fully saturated rings. The Labute approximate surface area is 114 Å². The molecule has 5 heteroatoms. The number of likely N-dealkylation sites (tertiary alicyclic amines) is 1. The summed E-state index contributed by atoms with van der Waals surface area (Å²) in [6, 6.07) is 0.124. The van der Waals surface area contributed by atoms with Crippen LogP contribution in [0.15, 0.2) is 0 Å². The van der Waals surface area contributed by atoms with Crippen LogP contribution in [0.5, 0.6) is 0 Å². The number of aliphatic carboxylic acids is 1. The molecule has 1 aliphatic carbocycles. The van der Waals surface area contributed by atoms with E-state index in [2.05, 4.69) is 11.8 Å². The van der Waals surface area contributed by atoms with Crippen molar-refractivity contribution in [2.75, 3.05) is 27.3 Å². The predicted octanol–water partition coefficient (Wildman–Crippen LogP) is 1.22. The lowest BCUT2D eigenvalue weighted by molar-refractivity contribution is -0.146. The fourth-order valence-corrected chi connectivity index (χ4v) is 3.54. The standard InChI is InChI=1S/C14H25NO4/c1-9-4-5-10(14(16)17)11(6-9)15-7-12(18-2)13(8-15)19-3/h9-13H,4-8H2,1-3H3,(H,16,17). The summed E-state index contributed by atoms with van der Waals surface area (Å²) >= 11 is 0. The summed E-state index contributed by atoms with van der Waals surface area (Å²) in [4.78, 5) is 13.7. The molecule has 0 amide bonds. The zero-order valence-electron chi connectivity index (χ0n) is 12.0. The van der Waals surface area contributed by atoms with Crippen molar-refractivity contribution in [2.24, 2.45) is 11.8 Å². The number of nitrogens with zero attached hydrogens (tertiary/aromatic N) is 1. The normalized spacial score (nSPS) is 40.5. The first kappa shape index (κ1) is 14.8. The topological polar surface area (TPSA) is 59.0 Å². The van der Waals surface area contributed by atoms with Crippen LogP contribution in [0.3, 0.4) is 0 Å². The molecule has 0 spiro atoms. The summed E-state index contributed by atoms with van der Waals surface area (Å²) in [5.74, 6) is -0.306. The molecule has 0 aromatic rings. The highest BCUT2D eigenvalue weighted by atomic mass is 16.5. The molecule has 19 heavy (non-hydrogen) atoms. The van der Waals surface area contributed by atoms with Crippen molar-refractivity contribution in [3.05, 3.63) is 0 Å². The van der Waals surface area contributed by atoms with E-state index in [0.717, 1.165) is 32.4 Å². The molecule has 110 valence electrons. The van der Waals surface area contributed by atoms with Gasteiger partial charge in [-0.1, -0.05) is 6.92 Å². The van der Waals surface area contributed by atoms with Crippen LogP contribution in [0.1, 0.15) is 26.2 Å². The summed E-state index contributed by atoms with van der Waals surface area (Å²) in [6.45, 7) is 3.76. The third-order valence-corrected chi connectivity index (χ3v) is 4.71. The highest BCUT2D eigenvalue weighted by molar-refractivity contribution is 5.71. The molecule has 1 N–H and O–H groups in total. The lowest BCUT2D eigenvalue weighted by atomic mass is 9.78. The van der Waals surface area contributed by atoms with E-state index in [9.17, 15) is 9.90 Å². The molecule has 1 heterocycles. The van der Waals surface area contributed by atoms with Gasteiger partial charge in [0, 0.05) is 33.4 Å². The molecule has 2 rings (SSSR count). The Hall–Kier alpha value is -0.650. The molecule has 1 aliphatic heterocycles. The summed E-state index contributed by atoms with van der Waals surface area (Å²) in [5, 5.41) is 9.41. The van der Waals surface area contributed by atoms with Crippen molar-refractivity contribution < 1.29 is 19.4 Å². The monoisotopic (exact) mass is 271 g/mol. The fraction of sp³-hybridized carbons (Fsp3) is 0.929. The van der Waals surface area contributed by atoms with Crippen molar-refractivity contribution in [1.29, 1.82) is 0 Å². The van der Waals surface area contributed by atoms with E-state index in [4.69, 9.17) is 9.47 Å². The summed E-state index contributed by atoms with van der Waals surface area (Å²) < 4.78 is 10.9. The third-order valence-electron chi connectivity index (χ3n) is 4.71. The lowest BCUT2D eigenvalue weighted by Crippen LogP contribution is -2.46. The molecule has 5 atom stereocenters. The van der Waals surface area contributed by atoms with Crippen molar-refractivity contribution in [2.45, 2.75) is 44.4 Å². The molecule has 5 unspecified atom stereocenters. The molecule has 0 bridgehead atoms. The second kappa shape index (κ2) is 6.20. The van der Waals surface area contributed by atoms with Gasteiger partial charge in [0.25, 0.3) is 0 Å². The first-order valence-corrected chi connectivity index (χ1v) is 7.09. The number of methoxy groups -OCH3 is 2. The lowest BCUT2D eigenvalue weighted by Gasteiger charge is -2.38. The van der Waals surface area contributed by atoms with Crippen LogP contribution in [-0.4, -0.2) is 61.5 Å². The second-order valence-electron chi connectivity index (χ2n) is 5.93. The fourth-order valence-electron chi connectivity index (χ4n) is 3.54. The van der Waals surface area contributed by atoms with Crippen molar-refractivity contribution in [3.8, 4) is 0 Å². The number of hydrogen-bond donors (Lipinski definition) is 1. The van der Waals surface area contributed by atoms with Gasteiger partial charge in [0.15, 0.2) is 0 Å². The maximum absolute atomic E-state index is 11.4. The van der Waals surface area contributed by atoms with Crippen LogP contribution >= 0.6 is 0 Å². The van der Waals surface area contributed by atoms with Crippen LogP contribution in [0.2, 0.25) is 0 Å². The van der Waals surface area contributed by atoms with Gasteiger partial charge >= 0.3 is 5.97 Å². The van der Waals surface area contributed by atoms with E-state index in [1.807, 2.05) is 0 Å². The minimum Gasteiger partial charge on any atom is -0.481 e. The van der Waals surface area contributed by atoms with E-state index >= 15 is 0 Å². The summed E-state index contributed by atoms with van der Waals surface area (Å²) in [6.07, 6.45) is 2.87. The zero-order valence-corrected chi connectivity index (χ0v) is 12.0. The van der Waals surface area contributed by atoms with Gasteiger partial charge in [-0.05, 0) is 25.2 Å². The maximum Gasteiger partial charge on any atom is 0.308 e. The zero-order chi connectivity index (χ0) is 14.0. The number of hydrogen-bond acceptors (Lipinski definition) is 4. The van der Waals surface area contributed by atoms with Gasteiger partial charge in [0.05, 0.1) is 18.1 Å². The second-order valence-corrected chi connectivity index (χ2v) is 5.93. The summed E-state index contributed by atoms with van der Waals surface area (Å²) in [7, 11) is 3.39. The average Bonchev–Trinajstić information content (AvgIpc) is 2.81. The van der Waals surface area contributed by atoms with E-state index in [0.29, 0.717) is 5.92 Å².